The van der Waals surface area contributed by atoms with Crippen molar-refractivity contribution in [3.8, 4) is 0 Å². The third-order valence-electron chi connectivity index (χ3n) is 1.50. The molecule has 44 valence electrons. The third-order valence-corrected chi connectivity index (χ3v) is 4.35. The molecule has 0 aromatic rings. The molecule has 0 N–H and O–H groups in total. The van der Waals surface area contributed by atoms with Crippen LogP contribution in [0.25, 0.3) is 0 Å². The van der Waals surface area contributed by atoms with E-state index >= 15 is 0 Å². The van der Waals surface area contributed by atoms with Crippen molar-refractivity contribution >= 4 is 23.5 Å². The van der Waals surface area contributed by atoms with E-state index in [4.69, 9.17) is 0 Å². The van der Waals surface area contributed by atoms with E-state index in [1.54, 1.807) is 4.91 Å². The molecule has 0 amide bonds. The van der Waals surface area contributed by atoms with Gasteiger partial charge < -0.3 is 0 Å². The fourth-order valence-corrected chi connectivity index (χ4v) is 3.82. The number of allylic oxidation sites excluding steroid dienone is 1. The molecule has 0 radical (unpaired) electrons. The van der Waals surface area contributed by atoms with Crippen molar-refractivity contribution < 1.29 is 0 Å². The molecule has 0 nitrogen and oxygen atoms in total. The van der Waals surface area contributed by atoms with Gasteiger partial charge in [-0.2, -0.15) is 0 Å². The average molecular weight is 144 g/mol. The lowest BCUT2D eigenvalue weighted by molar-refractivity contribution is 0.788. The van der Waals surface area contributed by atoms with E-state index in [1.807, 2.05) is 11.8 Å². The third kappa shape index (κ3) is 0.799. The van der Waals surface area contributed by atoms with Gasteiger partial charge in [-0.25, -0.2) is 0 Å². The Hall–Kier alpha value is 0.440. The van der Waals surface area contributed by atoms with Gasteiger partial charge in [-0.3, -0.25) is 0 Å². The average Bonchev–Trinajstić information content (AvgIpc) is 2.12. The summed E-state index contributed by atoms with van der Waals surface area (Å²) in [6.07, 6.45) is 4.21. The van der Waals surface area contributed by atoms with Crippen molar-refractivity contribution in [1.29, 1.82) is 0 Å². The Morgan fingerprint density at radius 3 is 3.38 bits per heavy atom. The SMILES string of the molecule is C1=C2CCCC(S1)S2. The quantitative estimate of drug-likeness (QED) is 0.512. The Morgan fingerprint density at radius 1 is 1.62 bits per heavy atom. The smallest absolute Gasteiger partial charge is 0.0588 e. The first-order valence-corrected chi connectivity index (χ1v) is 4.78. The van der Waals surface area contributed by atoms with Crippen LogP contribution in [0.2, 0.25) is 0 Å². The summed E-state index contributed by atoms with van der Waals surface area (Å²) in [5.74, 6) is 0. The molecule has 0 spiro atoms. The molecule has 2 heterocycles. The molecule has 2 heteroatoms. The highest BCUT2D eigenvalue weighted by Crippen LogP contribution is 2.48. The maximum absolute atomic E-state index is 2.34. The molecule has 2 bridgehead atoms. The molecule has 1 fully saturated rings. The molecule has 1 saturated heterocycles. The summed E-state index contributed by atoms with van der Waals surface area (Å²) in [6, 6.07) is 0. The molecule has 0 aromatic heterocycles. The normalized spacial score (nSPS) is 35.0. The van der Waals surface area contributed by atoms with E-state index < -0.39 is 0 Å². The Kier molecular flexibility index (Phi) is 1.31. The minimum atomic E-state index is 0.902. The van der Waals surface area contributed by atoms with Crippen LogP contribution in [-0.4, -0.2) is 4.58 Å². The zero-order valence-corrected chi connectivity index (χ0v) is 6.23. The van der Waals surface area contributed by atoms with Crippen LogP contribution in [0, 0.1) is 0 Å². The van der Waals surface area contributed by atoms with E-state index in [2.05, 4.69) is 17.2 Å². The van der Waals surface area contributed by atoms with Gasteiger partial charge in [0.15, 0.2) is 0 Å². The van der Waals surface area contributed by atoms with Crippen molar-refractivity contribution in [3.63, 3.8) is 0 Å². The predicted octanol–water partition coefficient (Wildman–Crippen LogP) is 2.82. The van der Waals surface area contributed by atoms with Crippen LogP contribution in [0.5, 0.6) is 0 Å². The molecule has 0 aromatic carbocycles. The van der Waals surface area contributed by atoms with Gasteiger partial charge in [0.25, 0.3) is 0 Å². The molecule has 2 rings (SSSR count). The second kappa shape index (κ2) is 1.99. The Bertz CT molecular complexity index is 128. The second-order valence-corrected chi connectivity index (χ2v) is 4.86. The highest BCUT2D eigenvalue weighted by molar-refractivity contribution is 8.23. The van der Waals surface area contributed by atoms with E-state index in [9.17, 15) is 0 Å². The molecule has 0 aliphatic carbocycles. The van der Waals surface area contributed by atoms with Crippen LogP contribution >= 0.6 is 23.5 Å². The molecule has 0 saturated carbocycles. The van der Waals surface area contributed by atoms with Gasteiger partial charge in [-0.15, -0.1) is 23.5 Å². The van der Waals surface area contributed by atoms with Gasteiger partial charge >= 0.3 is 0 Å². The van der Waals surface area contributed by atoms with E-state index in [0.29, 0.717) is 0 Å². The van der Waals surface area contributed by atoms with Gasteiger partial charge in [0.05, 0.1) is 4.58 Å². The van der Waals surface area contributed by atoms with Crippen LogP contribution < -0.4 is 0 Å². The number of thioether (sulfide) groups is 2. The number of hydrogen-bond donors (Lipinski definition) is 0. The summed E-state index contributed by atoms with van der Waals surface area (Å²) in [6.45, 7) is 0. The van der Waals surface area contributed by atoms with Crippen molar-refractivity contribution in [1.82, 2.24) is 0 Å². The number of hydrogen-bond acceptors (Lipinski definition) is 2. The zero-order valence-electron chi connectivity index (χ0n) is 4.59. The largest absolute Gasteiger partial charge is 0.119 e. The van der Waals surface area contributed by atoms with Crippen LogP contribution in [-0.2, 0) is 0 Å². The lowest BCUT2D eigenvalue weighted by Gasteiger charge is -2.13. The molecular weight excluding hydrogens is 136 g/mol. The lowest BCUT2D eigenvalue weighted by Crippen LogP contribution is -1.96. The standard InChI is InChI=1S/C6H8S2/c1-2-5-4-7-6(3-1)8-5/h4,6H,1-3H2. The van der Waals surface area contributed by atoms with Gasteiger partial charge in [0.2, 0.25) is 0 Å². The van der Waals surface area contributed by atoms with E-state index in [-0.39, 0.29) is 0 Å². The highest BCUT2D eigenvalue weighted by atomic mass is 32.2. The molecule has 2 aliphatic rings. The van der Waals surface area contributed by atoms with Crippen molar-refractivity contribution in [2.75, 3.05) is 0 Å². The highest BCUT2D eigenvalue weighted by Gasteiger charge is 2.22. The number of rotatable bonds is 0. The fourth-order valence-electron chi connectivity index (χ4n) is 1.06. The number of fused-ring (bicyclic) bond motifs is 2. The monoisotopic (exact) mass is 144 g/mol. The van der Waals surface area contributed by atoms with E-state index in [1.165, 1.54) is 19.3 Å². The maximum Gasteiger partial charge on any atom is 0.0588 e. The fraction of sp³-hybridized carbons (Fsp3) is 0.667. The first-order valence-electron chi connectivity index (χ1n) is 2.96. The second-order valence-electron chi connectivity index (χ2n) is 2.16. The van der Waals surface area contributed by atoms with Crippen molar-refractivity contribution in [2.45, 2.75) is 23.8 Å². The lowest BCUT2D eigenvalue weighted by atomic mass is 10.2. The Balaban J connectivity index is 2.15. The first kappa shape index (κ1) is 5.24. The van der Waals surface area contributed by atoms with Gasteiger partial charge in [0.1, 0.15) is 0 Å². The van der Waals surface area contributed by atoms with Gasteiger partial charge in [0, 0.05) is 0 Å². The molecule has 1 unspecified atom stereocenters. The first-order chi connectivity index (χ1) is 3.95. The molecule has 2 aliphatic heterocycles. The zero-order chi connectivity index (χ0) is 5.40. The Morgan fingerprint density at radius 2 is 2.62 bits per heavy atom. The van der Waals surface area contributed by atoms with Crippen LogP contribution in [0.3, 0.4) is 0 Å². The summed E-state index contributed by atoms with van der Waals surface area (Å²) in [4.78, 5) is 1.63. The minimum Gasteiger partial charge on any atom is -0.119 e. The summed E-state index contributed by atoms with van der Waals surface area (Å²) >= 11 is 4.09. The predicted molar refractivity (Wildman–Crippen MR) is 40.9 cm³/mol. The van der Waals surface area contributed by atoms with Gasteiger partial charge in [-0.1, -0.05) is 0 Å². The van der Waals surface area contributed by atoms with Crippen LogP contribution in [0.4, 0.5) is 0 Å². The van der Waals surface area contributed by atoms with Crippen molar-refractivity contribution in [3.05, 3.63) is 10.3 Å². The summed E-state index contributed by atoms with van der Waals surface area (Å²) in [5.41, 5.74) is 0. The van der Waals surface area contributed by atoms with E-state index in [0.717, 1.165) is 4.58 Å². The Labute approximate surface area is 58.1 Å². The van der Waals surface area contributed by atoms with Crippen molar-refractivity contribution in [2.24, 2.45) is 0 Å². The molecular formula is C6H8S2. The topological polar surface area (TPSA) is 0 Å². The summed E-state index contributed by atoms with van der Waals surface area (Å²) in [5, 5.41) is 2.34. The van der Waals surface area contributed by atoms with Crippen LogP contribution in [0.1, 0.15) is 19.3 Å². The van der Waals surface area contributed by atoms with Gasteiger partial charge in [-0.05, 0) is 29.6 Å². The molecule has 8 heavy (non-hydrogen) atoms. The van der Waals surface area contributed by atoms with Crippen LogP contribution in [0.15, 0.2) is 10.3 Å². The summed E-state index contributed by atoms with van der Waals surface area (Å²) < 4.78 is 0.902. The minimum absolute atomic E-state index is 0.902. The maximum atomic E-state index is 2.34. The molecule has 1 atom stereocenters. The summed E-state index contributed by atoms with van der Waals surface area (Å²) in [7, 11) is 0.